The van der Waals surface area contributed by atoms with Gasteiger partial charge in [-0.3, -0.25) is 0 Å². The number of aliphatic hydroxyl groups excluding tert-OH is 1. The minimum Gasteiger partial charge on any atom is -0.493 e. The number of likely N-dealkylation sites (N-methyl/N-ethyl adjacent to an activating group) is 1. The largest absolute Gasteiger partial charge is 0.493 e. The number of rotatable bonds is 8. The monoisotopic (exact) mass is 294 g/mol. The van der Waals surface area contributed by atoms with E-state index in [4.69, 9.17) is 10.5 Å². The second-order valence-electron chi connectivity index (χ2n) is 5.62. The van der Waals surface area contributed by atoms with Crippen LogP contribution >= 0.6 is 0 Å². The molecule has 1 rings (SSSR count). The first-order chi connectivity index (χ1) is 9.97. The summed E-state index contributed by atoms with van der Waals surface area (Å²) in [5, 5.41) is 13.9. The second kappa shape index (κ2) is 8.37. The number of benzene rings is 1. The lowest BCUT2D eigenvalue weighted by Crippen LogP contribution is -2.35. The summed E-state index contributed by atoms with van der Waals surface area (Å²) < 4.78 is 5.80. The minimum absolute atomic E-state index is 0.0331. The lowest BCUT2D eigenvalue weighted by molar-refractivity contribution is 0.127. The Morgan fingerprint density at radius 2 is 1.95 bits per heavy atom. The zero-order valence-corrected chi connectivity index (χ0v) is 14.0. The van der Waals surface area contributed by atoms with E-state index in [1.54, 1.807) is 0 Å². The van der Waals surface area contributed by atoms with Gasteiger partial charge in [0, 0.05) is 6.04 Å². The van der Waals surface area contributed by atoms with Crippen LogP contribution in [0.15, 0.2) is 6.07 Å². The minimum atomic E-state index is -0.558. The van der Waals surface area contributed by atoms with Gasteiger partial charge in [-0.25, -0.2) is 0 Å². The number of hydrogen-bond acceptors (Lipinski definition) is 4. The number of hydrogen-bond donors (Lipinski definition) is 3. The van der Waals surface area contributed by atoms with Crippen LogP contribution in [-0.4, -0.2) is 31.3 Å². The summed E-state index contributed by atoms with van der Waals surface area (Å²) in [7, 11) is 1.86. The lowest BCUT2D eigenvalue weighted by Gasteiger charge is -2.27. The predicted molar refractivity (Wildman–Crippen MR) is 87.9 cm³/mol. The van der Waals surface area contributed by atoms with Gasteiger partial charge in [0.05, 0.1) is 12.7 Å². The number of aliphatic hydroxyl groups is 1. The van der Waals surface area contributed by atoms with E-state index in [1.807, 2.05) is 27.0 Å². The van der Waals surface area contributed by atoms with Gasteiger partial charge in [0.25, 0.3) is 0 Å². The van der Waals surface area contributed by atoms with Gasteiger partial charge >= 0.3 is 0 Å². The normalized spacial score (nSPS) is 14.0. The van der Waals surface area contributed by atoms with Crippen molar-refractivity contribution in [2.75, 3.05) is 20.2 Å². The Balaban J connectivity index is 3.16. The second-order valence-corrected chi connectivity index (χ2v) is 5.62. The summed E-state index contributed by atoms with van der Waals surface area (Å²) in [4.78, 5) is 0. The van der Waals surface area contributed by atoms with E-state index in [1.165, 1.54) is 0 Å². The van der Waals surface area contributed by atoms with Gasteiger partial charge in [0.15, 0.2) is 0 Å². The first-order valence-electron chi connectivity index (χ1n) is 7.76. The first-order valence-corrected chi connectivity index (χ1v) is 7.76. The number of ether oxygens (including phenoxy) is 1. The third-order valence-electron chi connectivity index (χ3n) is 4.10. The Bertz CT molecular complexity index is 461. The molecular weight excluding hydrogens is 264 g/mol. The van der Waals surface area contributed by atoms with Crippen LogP contribution in [-0.2, 0) is 0 Å². The molecule has 0 saturated carbocycles. The van der Waals surface area contributed by atoms with E-state index in [2.05, 4.69) is 19.2 Å². The van der Waals surface area contributed by atoms with E-state index < -0.39 is 6.10 Å². The Morgan fingerprint density at radius 1 is 1.29 bits per heavy atom. The molecule has 2 atom stereocenters. The number of nitrogens with one attached hydrogen (secondary N) is 1. The molecule has 2 unspecified atom stereocenters. The summed E-state index contributed by atoms with van der Waals surface area (Å²) in [6.07, 6.45) is 1.17. The van der Waals surface area contributed by atoms with Crippen LogP contribution in [0.1, 0.15) is 48.1 Å². The van der Waals surface area contributed by atoms with E-state index >= 15 is 0 Å². The molecule has 0 radical (unpaired) electrons. The standard InChI is InChI=1S/C17H30N2O2/c1-6-9-21-15-10-11(2)16(13(4)12(15)3)17(20)14(19-5)7-8-18/h10,14,17,19-20H,6-9,18H2,1-5H3. The molecule has 0 aliphatic rings. The summed E-state index contributed by atoms with van der Waals surface area (Å²) in [5.41, 5.74) is 9.89. The van der Waals surface area contributed by atoms with E-state index in [0.29, 0.717) is 13.2 Å². The van der Waals surface area contributed by atoms with Crippen molar-refractivity contribution >= 4 is 0 Å². The third kappa shape index (κ3) is 4.19. The van der Waals surface area contributed by atoms with E-state index in [-0.39, 0.29) is 6.04 Å². The smallest absolute Gasteiger partial charge is 0.122 e. The van der Waals surface area contributed by atoms with Gasteiger partial charge in [-0.1, -0.05) is 6.92 Å². The van der Waals surface area contributed by atoms with Gasteiger partial charge in [0.2, 0.25) is 0 Å². The molecule has 0 amide bonds. The topological polar surface area (TPSA) is 67.5 Å². The highest BCUT2D eigenvalue weighted by Crippen LogP contribution is 2.33. The lowest BCUT2D eigenvalue weighted by atomic mass is 9.89. The highest BCUT2D eigenvalue weighted by Gasteiger charge is 2.24. The fraction of sp³-hybridized carbons (Fsp3) is 0.647. The maximum absolute atomic E-state index is 10.7. The molecule has 0 heterocycles. The van der Waals surface area contributed by atoms with Crippen molar-refractivity contribution in [2.45, 2.75) is 52.7 Å². The molecule has 4 nitrogen and oxygen atoms in total. The molecule has 0 aliphatic carbocycles. The molecule has 1 aromatic rings. The zero-order chi connectivity index (χ0) is 16.0. The Morgan fingerprint density at radius 3 is 2.48 bits per heavy atom. The maximum atomic E-state index is 10.7. The summed E-state index contributed by atoms with van der Waals surface area (Å²) in [6, 6.07) is 2.00. The fourth-order valence-electron chi connectivity index (χ4n) is 2.72. The van der Waals surface area contributed by atoms with Crippen molar-refractivity contribution in [2.24, 2.45) is 5.73 Å². The van der Waals surface area contributed by atoms with Crippen molar-refractivity contribution in [1.29, 1.82) is 0 Å². The Kier molecular flexibility index (Phi) is 7.15. The van der Waals surface area contributed by atoms with Gasteiger partial charge in [-0.05, 0) is 75.5 Å². The van der Waals surface area contributed by atoms with E-state index in [0.717, 1.165) is 40.8 Å². The molecule has 4 heteroatoms. The van der Waals surface area contributed by atoms with Crippen LogP contribution in [0.4, 0.5) is 0 Å². The average molecular weight is 294 g/mol. The molecule has 1 aromatic carbocycles. The van der Waals surface area contributed by atoms with Crippen molar-refractivity contribution in [3.63, 3.8) is 0 Å². The van der Waals surface area contributed by atoms with Crippen LogP contribution in [0.5, 0.6) is 5.75 Å². The molecule has 0 bridgehead atoms. The predicted octanol–water partition coefficient (Wildman–Crippen LogP) is 2.37. The van der Waals surface area contributed by atoms with E-state index in [9.17, 15) is 5.11 Å². The van der Waals surface area contributed by atoms with Crippen molar-refractivity contribution in [1.82, 2.24) is 5.32 Å². The molecule has 0 saturated heterocycles. The van der Waals surface area contributed by atoms with Gasteiger partial charge in [-0.2, -0.15) is 0 Å². The molecule has 120 valence electrons. The molecular formula is C17H30N2O2. The molecule has 0 spiro atoms. The molecule has 0 fully saturated rings. The third-order valence-corrected chi connectivity index (χ3v) is 4.10. The van der Waals surface area contributed by atoms with Crippen LogP contribution in [0.25, 0.3) is 0 Å². The van der Waals surface area contributed by atoms with Crippen LogP contribution in [0.2, 0.25) is 0 Å². The average Bonchev–Trinajstić information content (AvgIpc) is 2.46. The zero-order valence-electron chi connectivity index (χ0n) is 14.0. The maximum Gasteiger partial charge on any atom is 0.122 e. The Hall–Kier alpha value is -1.10. The van der Waals surface area contributed by atoms with Crippen LogP contribution in [0, 0.1) is 20.8 Å². The fourth-order valence-corrected chi connectivity index (χ4v) is 2.72. The molecule has 4 N–H and O–H groups in total. The molecule has 0 aromatic heterocycles. The molecule has 21 heavy (non-hydrogen) atoms. The molecule has 0 aliphatic heterocycles. The van der Waals surface area contributed by atoms with Crippen molar-refractivity contribution in [3.8, 4) is 5.75 Å². The van der Waals surface area contributed by atoms with Crippen molar-refractivity contribution in [3.05, 3.63) is 28.3 Å². The quantitative estimate of drug-likeness (QED) is 0.688. The van der Waals surface area contributed by atoms with Crippen molar-refractivity contribution < 1.29 is 9.84 Å². The summed E-state index contributed by atoms with van der Waals surface area (Å²) in [6.45, 7) is 9.49. The number of aryl methyl sites for hydroxylation is 1. The van der Waals surface area contributed by atoms with Gasteiger partial charge in [0.1, 0.15) is 5.75 Å². The number of nitrogens with two attached hydrogens (primary N) is 1. The SMILES string of the molecule is CCCOc1cc(C)c(C(O)C(CCN)NC)c(C)c1C. The van der Waals surface area contributed by atoms with Gasteiger partial charge in [-0.15, -0.1) is 0 Å². The Labute approximate surface area is 128 Å². The van der Waals surface area contributed by atoms with Crippen LogP contribution < -0.4 is 15.8 Å². The summed E-state index contributed by atoms with van der Waals surface area (Å²) >= 11 is 0. The summed E-state index contributed by atoms with van der Waals surface area (Å²) in [5.74, 6) is 0.919. The first kappa shape index (κ1) is 18.0. The highest BCUT2D eigenvalue weighted by molar-refractivity contribution is 5.49. The van der Waals surface area contributed by atoms with Gasteiger partial charge < -0.3 is 20.9 Å². The highest BCUT2D eigenvalue weighted by atomic mass is 16.5. The van der Waals surface area contributed by atoms with Crippen LogP contribution in [0.3, 0.4) is 0 Å².